The molecule has 0 bridgehead atoms. The minimum absolute atomic E-state index is 0.101. The molecule has 1 nitrogen and oxygen atoms in total. The second-order valence-corrected chi connectivity index (χ2v) is 15.1. The number of rotatable bonds is 8. The van der Waals surface area contributed by atoms with Gasteiger partial charge in [0, 0.05) is 17.1 Å². The van der Waals surface area contributed by atoms with Crippen molar-refractivity contribution in [3.05, 3.63) is 249 Å². The summed E-state index contributed by atoms with van der Waals surface area (Å²) in [4.78, 5) is 1.36. The lowest BCUT2D eigenvalue weighted by atomic mass is 9.90. The Labute approximate surface area is 368 Å². The van der Waals surface area contributed by atoms with Crippen LogP contribution in [0.25, 0.3) is 88.0 Å². The first-order valence-corrected chi connectivity index (χ1v) is 20.3. The molecule has 11 rings (SSSR count). The second kappa shape index (κ2) is 15.6. The zero-order valence-corrected chi connectivity index (χ0v) is 33.0. The van der Waals surface area contributed by atoms with Crippen molar-refractivity contribution in [1.29, 1.82) is 0 Å². The molecule has 0 aromatic heterocycles. The molecule has 0 aliphatic carbocycles. The van der Waals surface area contributed by atoms with Crippen molar-refractivity contribution < 1.29 is 11.0 Å². The van der Waals surface area contributed by atoms with Crippen LogP contribution in [0.1, 0.15) is 11.0 Å². The van der Waals surface area contributed by atoms with Gasteiger partial charge in [-0.3, -0.25) is 0 Å². The monoisotopic (exact) mass is 783 g/mol. The Morgan fingerprint density at radius 3 is 1.46 bits per heavy atom. The lowest BCUT2D eigenvalue weighted by molar-refractivity contribution is 1.28. The van der Waals surface area contributed by atoms with Crippen LogP contribution in [0.3, 0.4) is 0 Å². The maximum absolute atomic E-state index is 9.65. The predicted octanol–water partition coefficient (Wildman–Crippen LogP) is 17.0. The first-order chi connectivity index (χ1) is 33.6. The molecule has 0 atom stereocenters. The molecule has 61 heavy (non-hydrogen) atoms. The van der Waals surface area contributed by atoms with Gasteiger partial charge < -0.3 is 4.90 Å². The van der Waals surface area contributed by atoms with E-state index in [1.165, 1.54) is 4.90 Å². The average molecular weight is 784 g/mol. The molecule has 286 valence electrons. The van der Waals surface area contributed by atoms with Crippen LogP contribution in [-0.4, -0.2) is 0 Å². The van der Waals surface area contributed by atoms with Gasteiger partial charge in [-0.25, -0.2) is 0 Å². The minimum Gasteiger partial charge on any atom is -0.311 e. The van der Waals surface area contributed by atoms with Gasteiger partial charge in [0.1, 0.15) is 0 Å². The molecule has 0 heterocycles. The Hall–Kier alpha value is -8.00. The molecule has 0 saturated carbocycles. The van der Waals surface area contributed by atoms with Gasteiger partial charge in [0.15, 0.2) is 0 Å². The van der Waals surface area contributed by atoms with Gasteiger partial charge in [-0.2, -0.15) is 0 Å². The van der Waals surface area contributed by atoms with E-state index < -0.39 is 24.2 Å². The van der Waals surface area contributed by atoms with E-state index in [2.05, 4.69) is 54.6 Å². The van der Waals surface area contributed by atoms with Crippen LogP contribution in [0.5, 0.6) is 0 Å². The minimum atomic E-state index is -0.399. The molecule has 0 unspecified atom stereocenters. The highest BCUT2D eigenvalue weighted by Gasteiger charge is 2.16. The summed E-state index contributed by atoms with van der Waals surface area (Å²) in [6, 6.07) is 62.1. The summed E-state index contributed by atoms with van der Waals surface area (Å²) in [5.74, 6) is 0. The largest absolute Gasteiger partial charge is 0.311 e. The molecule has 0 radical (unpaired) electrons. The van der Waals surface area contributed by atoms with E-state index in [0.29, 0.717) is 16.8 Å². The Balaban J connectivity index is 1.09. The van der Waals surface area contributed by atoms with Crippen molar-refractivity contribution in [3.63, 3.8) is 0 Å². The van der Waals surface area contributed by atoms with Crippen LogP contribution in [0.15, 0.2) is 249 Å². The summed E-state index contributed by atoms with van der Waals surface area (Å²) < 4.78 is 76.4. The smallest absolute Gasteiger partial charge is 0.0645 e. The standard InChI is InChI=1S/C60H41N/c1-2-14-50(15-3-1)60-58-19-9-7-13-47(58)33-40-59(60)49-31-38-55(39-32-49)61(54-36-29-45(30-37-54)52-26-23-42-11-4-5-16-51(42)41-52)53-34-27-44(28-35-53)43-21-24-48(25-22-43)57-20-10-17-46-12-6-8-18-56(46)57/h1-41H/i27D,28D,29D,30D,34D,35D,36D,37D. The Morgan fingerprint density at radius 2 is 0.754 bits per heavy atom. The highest BCUT2D eigenvalue weighted by atomic mass is 15.1. The Morgan fingerprint density at radius 1 is 0.262 bits per heavy atom. The third-order valence-corrected chi connectivity index (χ3v) is 11.4. The molecule has 1 heteroatoms. The fourth-order valence-electron chi connectivity index (χ4n) is 8.35. The number of hydrogen-bond donors (Lipinski definition) is 0. The van der Waals surface area contributed by atoms with Crippen LogP contribution in [0.4, 0.5) is 17.1 Å². The van der Waals surface area contributed by atoms with E-state index in [1.807, 2.05) is 127 Å². The summed E-state index contributed by atoms with van der Waals surface area (Å²) in [5.41, 5.74) is 7.00. The van der Waals surface area contributed by atoms with E-state index in [1.54, 1.807) is 18.2 Å². The van der Waals surface area contributed by atoms with E-state index in [4.69, 9.17) is 0 Å². The zero-order valence-electron chi connectivity index (χ0n) is 41.0. The second-order valence-electron chi connectivity index (χ2n) is 15.1. The Bertz CT molecular complexity index is 3750. The summed E-state index contributed by atoms with van der Waals surface area (Å²) in [6.45, 7) is 0. The molecule has 11 aromatic rings. The topological polar surface area (TPSA) is 3.24 Å². The van der Waals surface area contributed by atoms with Gasteiger partial charge in [0.2, 0.25) is 0 Å². The number of benzene rings is 11. The molecule has 0 aliphatic heterocycles. The first kappa shape index (κ1) is 28.4. The van der Waals surface area contributed by atoms with Crippen LogP contribution in [-0.2, 0) is 0 Å². The van der Waals surface area contributed by atoms with Gasteiger partial charge in [0.05, 0.1) is 11.0 Å². The van der Waals surface area contributed by atoms with Gasteiger partial charge in [0.25, 0.3) is 0 Å². The fourth-order valence-corrected chi connectivity index (χ4v) is 8.35. The van der Waals surface area contributed by atoms with Gasteiger partial charge in [-0.05, 0) is 130 Å². The van der Waals surface area contributed by atoms with Crippen LogP contribution in [0, 0.1) is 0 Å². The number of hydrogen-bond acceptors (Lipinski definition) is 1. The zero-order chi connectivity index (χ0) is 47.5. The summed E-state index contributed by atoms with van der Waals surface area (Å²) >= 11 is 0. The number of nitrogens with zero attached hydrogens (tertiary/aromatic N) is 1. The summed E-state index contributed by atoms with van der Waals surface area (Å²) in [6.07, 6.45) is 0. The lowest BCUT2D eigenvalue weighted by Gasteiger charge is -2.26. The lowest BCUT2D eigenvalue weighted by Crippen LogP contribution is -2.09. The molecule has 0 fully saturated rings. The van der Waals surface area contributed by atoms with Crippen molar-refractivity contribution >= 4 is 49.4 Å². The SMILES string of the molecule is [2H]c1c([2H])c(N(c2ccc(-c3ccc4ccccc4c3-c3ccccc3)cc2)c2c([2H])c([2H])c(-c3ccc4ccccc4c3)c([2H])c2[2H])c([2H])c([2H])c1-c1ccc(-c2cccc3ccccc23)cc1. The molecule has 0 saturated heterocycles. The number of fused-ring (bicyclic) bond motifs is 3. The van der Waals surface area contributed by atoms with Crippen molar-refractivity contribution in [3.8, 4) is 55.6 Å². The average Bonchev–Trinajstić information content (AvgIpc) is 3.39. The van der Waals surface area contributed by atoms with Crippen LogP contribution < -0.4 is 4.90 Å². The van der Waals surface area contributed by atoms with E-state index >= 15 is 0 Å². The number of anilines is 3. The summed E-state index contributed by atoms with van der Waals surface area (Å²) in [7, 11) is 0. The highest BCUT2D eigenvalue weighted by molar-refractivity contribution is 6.04. The molecule has 11 aromatic carbocycles. The quantitative estimate of drug-likeness (QED) is 0.148. The predicted molar refractivity (Wildman–Crippen MR) is 261 cm³/mol. The van der Waals surface area contributed by atoms with E-state index in [-0.39, 0.29) is 46.7 Å². The van der Waals surface area contributed by atoms with Crippen molar-refractivity contribution in [2.75, 3.05) is 4.90 Å². The van der Waals surface area contributed by atoms with E-state index in [9.17, 15) is 11.0 Å². The third-order valence-electron chi connectivity index (χ3n) is 11.4. The van der Waals surface area contributed by atoms with Gasteiger partial charge in [-0.1, -0.05) is 206 Å². The molecular weight excluding hydrogens is 735 g/mol. The van der Waals surface area contributed by atoms with Crippen LogP contribution >= 0.6 is 0 Å². The maximum Gasteiger partial charge on any atom is 0.0645 e. The first-order valence-electron chi connectivity index (χ1n) is 24.3. The fraction of sp³-hybridized carbons (Fsp3) is 0. The van der Waals surface area contributed by atoms with Crippen LogP contribution in [0.2, 0.25) is 0 Å². The molecular formula is C60H41N. The van der Waals surface area contributed by atoms with Crippen molar-refractivity contribution in [2.24, 2.45) is 0 Å². The van der Waals surface area contributed by atoms with E-state index in [0.717, 1.165) is 65.7 Å². The molecule has 0 aliphatic rings. The van der Waals surface area contributed by atoms with Crippen molar-refractivity contribution in [1.82, 2.24) is 0 Å². The molecule has 0 spiro atoms. The summed E-state index contributed by atoms with van der Waals surface area (Å²) in [5, 5.41) is 6.20. The van der Waals surface area contributed by atoms with Gasteiger partial charge in [-0.15, -0.1) is 0 Å². The Kier molecular flexibility index (Phi) is 7.29. The normalized spacial score (nSPS) is 13.1. The van der Waals surface area contributed by atoms with Crippen molar-refractivity contribution in [2.45, 2.75) is 0 Å². The highest BCUT2D eigenvalue weighted by Crippen LogP contribution is 2.42. The maximum atomic E-state index is 9.65. The third kappa shape index (κ3) is 6.93. The van der Waals surface area contributed by atoms with Gasteiger partial charge >= 0.3 is 0 Å². The molecule has 0 amide bonds. The molecule has 0 N–H and O–H groups in total.